The number of nitrogens with zero attached hydrogens (tertiary/aromatic N) is 1. The first-order valence-corrected chi connectivity index (χ1v) is 16.5. The van der Waals surface area contributed by atoms with Gasteiger partial charge >= 0.3 is 0 Å². The SMILES string of the molecule is c1ccc(-c2oc(-c3cccc(-c4cc5c6cc7ccccc7cc6n6c7cc8ccccc8cc7c(c4)c56)c3)c3ccccc23)cc1. The van der Waals surface area contributed by atoms with E-state index in [1.165, 1.54) is 70.8 Å². The highest BCUT2D eigenvalue weighted by molar-refractivity contribution is 6.27. The number of hydrogen-bond donors (Lipinski definition) is 0. The topological polar surface area (TPSA) is 17.6 Å². The van der Waals surface area contributed by atoms with Crippen LogP contribution in [0.5, 0.6) is 0 Å². The molecule has 0 saturated carbocycles. The lowest BCUT2D eigenvalue weighted by Crippen LogP contribution is -1.82. The van der Waals surface area contributed by atoms with Crippen molar-refractivity contribution in [2.75, 3.05) is 0 Å². The molecule has 222 valence electrons. The molecule has 0 aliphatic heterocycles. The first kappa shape index (κ1) is 25.8. The molecule has 48 heavy (non-hydrogen) atoms. The Kier molecular flexibility index (Phi) is 5.14. The van der Waals surface area contributed by atoms with Crippen LogP contribution in [0.2, 0.25) is 0 Å². The average molecular weight is 610 g/mol. The molecule has 0 aliphatic rings. The summed E-state index contributed by atoms with van der Waals surface area (Å²) in [6, 6.07) is 59.4. The van der Waals surface area contributed by atoms with E-state index >= 15 is 0 Å². The van der Waals surface area contributed by atoms with Gasteiger partial charge in [0.1, 0.15) is 11.5 Å². The second kappa shape index (κ2) is 9.57. The van der Waals surface area contributed by atoms with Crippen molar-refractivity contribution in [1.29, 1.82) is 0 Å². The lowest BCUT2D eigenvalue weighted by atomic mass is 9.96. The molecule has 0 spiro atoms. The van der Waals surface area contributed by atoms with E-state index in [0.29, 0.717) is 0 Å². The third-order valence-electron chi connectivity index (χ3n) is 10.2. The van der Waals surface area contributed by atoms with Gasteiger partial charge in [0, 0.05) is 43.4 Å². The largest absolute Gasteiger partial charge is 0.455 e. The maximum atomic E-state index is 6.72. The fraction of sp³-hybridized carbons (Fsp3) is 0. The third-order valence-corrected chi connectivity index (χ3v) is 10.2. The molecule has 0 radical (unpaired) electrons. The predicted molar refractivity (Wildman–Crippen MR) is 202 cm³/mol. The van der Waals surface area contributed by atoms with Gasteiger partial charge in [0.15, 0.2) is 0 Å². The predicted octanol–water partition coefficient (Wildman–Crippen LogP) is 12.9. The fourth-order valence-electron chi connectivity index (χ4n) is 8.03. The van der Waals surface area contributed by atoms with E-state index in [4.69, 9.17) is 4.42 Å². The van der Waals surface area contributed by atoms with Crippen molar-refractivity contribution in [1.82, 2.24) is 4.40 Å². The molecule has 0 N–H and O–H groups in total. The van der Waals surface area contributed by atoms with Gasteiger partial charge in [0.25, 0.3) is 0 Å². The highest BCUT2D eigenvalue weighted by atomic mass is 16.3. The second-order valence-corrected chi connectivity index (χ2v) is 12.9. The van der Waals surface area contributed by atoms with Gasteiger partial charge in [-0.1, -0.05) is 121 Å². The van der Waals surface area contributed by atoms with Crippen LogP contribution >= 0.6 is 0 Å². The zero-order valence-corrected chi connectivity index (χ0v) is 25.9. The van der Waals surface area contributed by atoms with Crippen LogP contribution in [0.25, 0.3) is 104 Å². The number of fused-ring (bicyclic) bond motifs is 9. The Morgan fingerprint density at radius 3 is 1.40 bits per heavy atom. The first-order valence-electron chi connectivity index (χ1n) is 16.5. The summed E-state index contributed by atoms with van der Waals surface area (Å²) in [4.78, 5) is 0. The summed E-state index contributed by atoms with van der Waals surface area (Å²) in [5.41, 5.74) is 8.31. The molecular weight excluding hydrogens is 583 g/mol. The van der Waals surface area contributed by atoms with Crippen molar-refractivity contribution in [2.45, 2.75) is 0 Å². The minimum atomic E-state index is 0.900. The van der Waals surface area contributed by atoms with E-state index < -0.39 is 0 Å². The first-order chi connectivity index (χ1) is 23.8. The number of benzene rings is 8. The molecule has 0 saturated heterocycles. The minimum Gasteiger partial charge on any atom is -0.455 e. The Morgan fingerprint density at radius 2 is 0.792 bits per heavy atom. The molecule has 2 nitrogen and oxygen atoms in total. The standard InChI is InChI=1S/C46H27NO/c1-2-11-28(12-3-1)45-36-19-8-9-20-37(36)46(48-45)34-18-10-17-29(21-34)35-24-40-38-22-30-13-4-6-15-32(30)26-42(38)47-43-27-33-16-7-5-14-31(33)23-39(43)41(25-35)44(40)47/h1-27H. The van der Waals surface area contributed by atoms with E-state index in [-0.39, 0.29) is 0 Å². The smallest absolute Gasteiger partial charge is 0.142 e. The molecule has 8 aromatic carbocycles. The summed E-state index contributed by atoms with van der Waals surface area (Å²) in [6.07, 6.45) is 0. The monoisotopic (exact) mass is 609 g/mol. The van der Waals surface area contributed by atoms with E-state index in [1.54, 1.807) is 0 Å². The summed E-state index contributed by atoms with van der Waals surface area (Å²) in [5, 5.41) is 12.4. The molecular formula is C46H27NO. The molecule has 0 bridgehead atoms. The third kappa shape index (κ3) is 3.57. The van der Waals surface area contributed by atoms with Crippen LogP contribution in [-0.4, -0.2) is 4.40 Å². The average Bonchev–Trinajstić information content (AvgIpc) is 3.80. The summed E-state index contributed by atoms with van der Waals surface area (Å²) >= 11 is 0. The molecule has 3 aromatic heterocycles. The number of rotatable bonds is 3. The van der Waals surface area contributed by atoms with Crippen LogP contribution in [0, 0.1) is 0 Å². The van der Waals surface area contributed by atoms with Crippen molar-refractivity contribution in [3.8, 4) is 33.8 Å². The molecule has 11 rings (SSSR count). The van der Waals surface area contributed by atoms with Crippen LogP contribution in [0.1, 0.15) is 0 Å². The number of furan rings is 1. The van der Waals surface area contributed by atoms with Gasteiger partial charge < -0.3 is 8.82 Å². The van der Waals surface area contributed by atoms with Crippen molar-refractivity contribution < 1.29 is 4.42 Å². The molecule has 2 heteroatoms. The zero-order chi connectivity index (χ0) is 31.3. The van der Waals surface area contributed by atoms with Crippen molar-refractivity contribution >= 4 is 70.4 Å². The number of hydrogen-bond acceptors (Lipinski definition) is 1. The Morgan fingerprint density at radius 1 is 0.312 bits per heavy atom. The summed E-state index contributed by atoms with van der Waals surface area (Å²) in [6.45, 7) is 0. The Hall–Kier alpha value is -6.38. The fourth-order valence-corrected chi connectivity index (χ4v) is 8.03. The minimum absolute atomic E-state index is 0.900. The van der Waals surface area contributed by atoms with E-state index in [0.717, 1.165) is 33.4 Å². The van der Waals surface area contributed by atoms with Gasteiger partial charge in [-0.15, -0.1) is 0 Å². The molecule has 11 aromatic rings. The van der Waals surface area contributed by atoms with E-state index in [9.17, 15) is 0 Å². The molecule has 0 unspecified atom stereocenters. The Labute approximate surface area is 276 Å². The molecule has 0 fully saturated rings. The van der Waals surface area contributed by atoms with Crippen molar-refractivity contribution in [3.63, 3.8) is 0 Å². The highest BCUT2D eigenvalue weighted by Gasteiger charge is 2.21. The maximum absolute atomic E-state index is 6.72. The van der Waals surface area contributed by atoms with Crippen LogP contribution < -0.4 is 0 Å². The molecule has 3 heterocycles. The normalized spacial score (nSPS) is 12.2. The maximum Gasteiger partial charge on any atom is 0.142 e. The quantitative estimate of drug-likeness (QED) is 0.195. The van der Waals surface area contributed by atoms with Crippen molar-refractivity contribution in [2.24, 2.45) is 0 Å². The summed E-state index contributed by atoms with van der Waals surface area (Å²) in [5.74, 6) is 1.81. The summed E-state index contributed by atoms with van der Waals surface area (Å²) in [7, 11) is 0. The Bertz CT molecular complexity index is 2930. The molecule has 0 amide bonds. The lowest BCUT2D eigenvalue weighted by Gasteiger charge is -2.07. The highest BCUT2D eigenvalue weighted by Crippen LogP contribution is 2.45. The molecule has 0 aliphatic carbocycles. The van der Waals surface area contributed by atoms with Crippen LogP contribution in [-0.2, 0) is 0 Å². The van der Waals surface area contributed by atoms with Gasteiger partial charge in [-0.2, -0.15) is 0 Å². The number of aromatic nitrogens is 1. The summed E-state index contributed by atoms with van der Waals surface area (Å²) < 4.78 is 9.22. The Balaban J connectivity index is 1.19. The van der Waals surface area contributed by atoms with Gasteiger partial charge in [-0.3, -0.25) is 0 Å². The lowest BCUT2D eigenvalue weighted by molar-refractivity contribution is 0.602. The van der Waals surface area contributed by atoms with Crippen molar-refractivity contribution in [3.05, 3.63) is 164 Å². The van der Waals surface area contributed by atoms with E-state index in [2.05, 4.69) is 162 Å². The van der Waals surface area contributed by atoms with Gasteiger partial charge in [0.05, 0.1) is 16.6 Å². The van der Waals surface area contributed by atoms with E-state index in [1.807, 2.05) is 6.07 Å². The molecule has 0 atom stereocenters. The van der Waals surface area contributed by atoms with Crippen LogP contribution in [0.15, 0.2) is 168 Å². The second-order valence-electron chi connectivity index (χ2n) is 12.9. The van der Waals surface area contributed by atoms with Gasteiger partial charge in [-0.25, -0.2) is 0 Å². The van der Waals surface area contributed by atoms with Gasteiger partial charge in [-0.05, 0) is 75.1 Å². The van der Waals surface area contributed by atoms with Crippen LogP contribution in [0.3, 0.4) is 0 Å². The van der Waals surface area contributed by atoms with Crippen LogP contribution in [0.4, 0.5) is 0 Å². The van der Waals surface area contributed by atoms with Gasteiger partial charge in [0.2, 0.25) is 0 Å². The zero-order valence-electron chi connectivity index (χ0n) is 25.9.